The molecule has 140 valence electrons. The number of rotatable bonds is 8. The van der Waals surface area contributed by atoms with Crippen LogP contribution in [0.2, 0.25) is 0 Å². The highest BCUT2D eigenvalue weighted by Gasteiger charge is 2.26. The van der Waals surface area contributed by atoms with Crippen molar-refractivity contribution in [2.75, 3.05) is 0 Å². The molecule has 0 radical (unpaired) electrons. The predicted octanol–water partition coefficient (Wildman–Crippen LogP) is 7.88. The Morgan fingerprint density at radius 1 is 1.04 bits per heavy atom. The average Bonchev–Trinajstić information content (AvgIpc) is 2.66. The molecule has 0 aromatic heterocycles. The lowest BCUT2D eigenvalue weighted by atomic mass is 9.79. The first-order valence-corrected chi connectivity index (χ1v) is 10.2. The minimum Gasteiger partial charge on any atom is -0.208 e. The number of benzene rings is 1. The van der Waals surface area contributed by atoms with Crippen LogP contribution < -0.4 is 0 Å². The van der Waals surface area contributed by atoms with Crippen LogP contribution in [0.15, 0.2) is 30.1 Å². The van der Waals surface area contributed by atoms with Crippen LogP contribution in [-0.4, -0.2) is 0 Å². The summed E-state index contributed by atoms with van der Waals surface area (Å²) in [6.45, 7) is 6.65. The van der Waals surface area contributed by atoms with Crippen molar-refractivity contribution in [1.29, 1.82) is 0 Å². The van der Waals surface area contributed by atoms with E-state index in [0.29, 0.717) is 17.4 Å². The molecule has 1 fully saturated rings. The van der Waals surface area contributed by atoms with Gasteiger partial charge in [-0.05, 0) is 55.9 Å². The monoisotopic (exact) mass is 348 g/mol. The van der Waals surface area contributed by atoms with Gasteiger partial charge in [0.25, 0.3) is 0 Å². The molecule has 1 atom stereocenters. The van der Waals surface area contributed by atoms with Crippen LogP contribution in [0.1, 0.15) is 83.3 Å². The van der Waals surface area contributed by atoms with Gasteiger partial charge in [-0.15, -0.1) is 0 Å². The molecule has 1 aromatic rings. The van der Waals surface area contributed by atoms with Gasteiger partial charge in [0.1, 0.15) is 5.83 Å². The minimum absolute atomic E-state index is 0.224. The second kappa shape index (κ2) is 10.1. The van der Waals surface area contributed by atoms with Crippen LogP contribution in [0.5, 0.6) is 0 Å². The molecule has 2 rings (SSSR count). The van der Waals surface area contributed by atoms with Gasteiger partial charge in [-0.2, -0.15) is 0 Å². The van der Waals surface area contributed by atoms with Gasteiger partial charge in [-0.3, -0.25) is 0 Å². The summed E-state index contributed by atoms with van der Waals surface area (Å²) in [5, 5.41) is 0. The second-order valence-corrected chi connectivity index (χ2v) is 7.92. The van der Waals surface area contributed by atoms with Crippen LogP contribution >= 0.6 is 0 Å². The zero-order valence-electron chi connectivity index (χ0n) is 16.2. The van der Waals surface area contributed by atoms with Crippen molar-refractivity contribution in [2.45, 2.75) is 78.6 Å². The van der Waals surface area contributed by atoms with E-state index in [1.54, 1.807) is 12.1 Å². The molecule has 1 aromatic carbocycles. The maximum absolute atomic E-state index is 14.6. The normalized spacial score (nSPS) is 23.2. The van der Waals surface area contributed by atoms with Crippen molar-refractivity contribution in [3.63, 3.8) is 0 Å². The van der Waals surface area contributed by atoms with E-state index in [1.165, 1.54) is 24.8 Å². The van der Waals surface area contributed by atoms with Crippen molar-refractivity contribution in [3.05, 3.63) is 41.2 Å². The summed E-state index contributed by atoms with van der Waals surface area (Å²) in [6, 6.07) is 7.37. The molecule has 1 aliphatic rings. The SMILES string of the molecule is CCCC1CCC(/C(F)=C(\F)c2ccc(CC[C@@H](C)CC)cc2)CC1. The first kappa shape index (κ1) is 20.1. The lowest BCUT2D eigenvalue weighted by molar-refractivity contribution is 0.261. The van der Waals surface area contributed by atoms with E-state index in [1.807, 2.05) is 12.1 Å². The van der Waals surface area contributed by atoms with Crippen molar-refractivity contribution in [2.24, 2.45) is 17.8 Å². The molecule has 0 saturated heterocycles. The van der Waals surface area contributed by atoms with Crippen LogP contribution in [-0.2, 0) is 6.42 Å². The largest absolute Gasteiger partial charge is 0.208 e. The fraction of sp³-hybridized carbons (Fsp3) is 0.652. The standard InChI is InChI=1S/C23H34F2/c1-4-6-18-9-13-20(14-10-18)22(24)23(25)21-15-11-19(12-16-21)8-7-17(3)5-2/h11-12,15-18,20H,4-10,13-14H2,1-3H3/b23-22+/t17-,18?,20?/m0/s1. The minimum atomic E-state index is -0.646. The number of halogens is 2. The first-order chi connectivity index (χ1) is 12.0. The van der Waals surface area contributed by atoms with E-state index < -0.39 is 11.7 Å². The van der Waals surface area contributed by atoms with Crippen molar-refractivity contribution in [1.82, 2.24) is 0 Å². The molecule has 0 nitrogen and oxygen atoms in total. The molecule has 1 aliphatic carbocycles. The van der Waals surface area contributed by atoms with E-state index >= 15 is 0 Å². The summed E-state index contributed by atoms with van der Waals surface area (Å²) in [5.74, 6) is 0.0198. The van der Waals surface area contributed by atoms with Crippen molar-refractivity contribution >= 4 is 5.83 Å². The van der Waals surface area contributed by atoms with Gasteiger partial charge in [0.15, 0.2) is 5.83 Å². The van der Waals surface area contributed by atoms with Gasteiger partial charge >= 0.3 is 0 Å². The fourth-order valence-corrected chi connectivity index (χ4v) is 3.86. The summed E-state index contributed by atoms with van der Waals surface area (Å²) >= 11 is 0. The van der Waals surface area contributed by atoms with Gasteiger partial charge in [0.05, 0.1) is 0 Å². The molecule has 0 unspecified atom stereocenters. The Morgan fingerprint density at radius 2 is 1.68 bits per heavy atom. The molecule has 2 heteroatoms. The third-order valence-corrected chi connectivity index (χ3v) is 5.94. The number of allylic oxidation sites excluding steroid dienone is 1. The topological polar surface area (TPSA) is 0 Å². The first-order valence-electron chi connectivity index (χ1n) is 10.2. The zero-order valence-corrected chi connectivity index (χ0v) is 16.2. The lowest BCUT2D eigenvalue weighted by Crippen LogP contribution is -2.15. The summed E-state index contributed by atoms with van der Waals surface area (Å²) in [7, 11) is 0. The molecule has 0 N–H and O–H groups in total. The van der Waals surface area contributed by atoms with Crippen LogP contribution in [0.4, 0.5) is 8.78 Å². The Labute approximate surface area is 152 Å². The van der Waals surface area contributed by atoms with Gasteiger partial charge in [-0.1, -0.05) is 64.3 Å². The second-order valence-electron chi connectivity index (χ2n) is 7.92. The predicted molar refractivity (Wildman–Crippen MR) is 104 cm³/mol. The molecular formula is C23H34F2. The molecule has 0 heterocycles. The molecule has 0 amide bonds. The van der Waals surface area contributed by atoms with Gasteiger partial charge in [0.2, 0.25) is 0 Å². The summed E-state index contributed by atoms with van der Waals surface area (Å²) in [4.78, 5) is 0. The van der Waals surface area contributed by atoms with Gasteiger partial charge in [0, 0.05) is 11.5 Å². The summed E-state index contributed by atoms with van der Waals surface area (Å²) in [6.07, 6.45) is 9.38. The maximum atomic E-state index is 14.6. The molecule has 1 saturated carbocycles. The van der Waals surface area contributed by atoms with Crippen LogP contribution in [0, 0.1) is 17.8 Å². The van der Waals surface area contributed by atoms with Gasteiger partial charge < -0.3 is 0 Å². The maximum Gasteiger partial charge on any atom is 0.162 e. The van der Waals surface area contributed by atoms with Crippen molar-refractivity contribution < 1.29 is 8.78 Å². The highest BCUT2D eigenvalue weighted by molar-refractivity contribution is 5.61. The Morgan fingerprint density at radius 3 is 2.24 bits per heavy atom. The smallest absolute Gasteiger partial charge is 0.162 e. The molecule has 0 aliphatic heterocycles. The lowest BCUT2D eigenvalue weighted by Gasteiger charge is -2.27. The Hall–Kier alpha value is -1.18. The molecule has 0 spiro atoms. The number of hydrogen-bond donors (Lipinski definition) is 0. The third kappa shape index (κ3) is 5.94. The van der Waals surface area contributed by atoms with E-state index in [4.69, 9.17) is 0 Å². The summed E-state index contributed by atoms with van der Waals surface area (Å²) in [5.41, 5.74) is 1.60. The Balaban J connectivity index is 1.96. The molecule has 25 heavy (non-hydrogen) atoms. The van der Waals surface area contributed by atoms with Crippen LogP contribution in [0.3, 0.4) is 0 Å². The van der Waals surface area contributed by atoms with Crippen molar-refractivity contribution in [3.8, 4) is 0 Å². The van der Waals surface area contributed by atoms with E-state index in [2.05, 4.69) is 20.8 Å². The zero-order chi connectivity index (χ0) is 18.2. The van der Waals surface area contributed by atoms with Gasteiger partial charge in [-0.25, -0.2) is 8.78 Å². The van der Waals surface area contributed by atoms with E-state index in [-0.39, 0.29) is 5.92 Å². The molecular weight excluding hydrogens is 314 g/mol. The summed E-state index contributed by atoms with van der Waals surface area (Å²) < 4.78 is 29.1. The highest BCUT2D eigenvalue weighted by atomic mass is 19.2. The fourth-order valence-electron chi connectivity index (χ4n) is 3.86. The van der Waals surface area contributed by atoms with Crippen LogP contribution in [0.25, 0.3) is 5.83 Å². The number of aryl methyl sites for hydroxylation is 1. The van der Waals surface area contributed by atoms with E-state index in [9.17, 15) is 8.78 Å². The third-order valence-electron chi connectivity index (χ3n) is 5.94. The Kier molecular flexibility index (Phi) is 8.12. The quantitative estimate of drug-likeness (QED) is 0.448. The number of hydrogen-bond acceptors (Lipinski definition) is 0. The van der Waals surface area contributed by atoms with E-state index in [0.717, 1.165) is 38.5 Å². The highest BCUT2D eigenvalue weighted by Crippen LogP contribution is 2.39. The Bertz CT molecular complexity index is 536. The average molecular weight is 349 g/mol. The molecule has 0 bridgehead atoms.